The van der Waals surface area contributed by atoms with Crippen LogP contribution in [0.1, 0.15) is 41.5 Å². The molecule has 2 aromatic carbocycles. The van der Waals surface area contributed by atoms with E-state index in [1.807, 2.05) is 45.0 Å². The average Bonchev–Trinajstić information content (AvgIpc) is 2.91. The Morgan fingerprint density at radius 1 is 0.964 bits per heavy atom. The quantitative estimate of drug-likeness (QED) is 0.326. The van der Waals surface area contributed by atoms with Crippen LogP contribution in [0.25, 0.3) is 21.8 Å². The maximum Gasteiger partial charge on any atom is 0.419 e. The standard InChI is InChI=1S/C22H24BrNO4/c1-21(2,3)19(25)27-16-12-11-14(23)18-17(16)13-9-7-8-10-15(13)24(18)20(26)28-22(4,5)6/h7-12H,1-6H3. The molecule has 0 atom stereocenters. The van der Waals surface area contributed by atoms with E-state index in [9.17, 15) is 9.59 Å². The van der Waals surface area contributed by atoms with Gasteiger partial charge in [0.2, 0.25) is 0 Å². The van der Waals surface area contributed by atoms with Gasteiger partial charge in [0.15, 0.2) is 0 Å². The van der Waals surface area contributed by atoms with Crippen LogP contribution < -0.4 is 4.74 Å². The number of hydrogen-bond donors (Lipinski definition) is 0. The molecule has 0 amide bonds. The van der Waals surface area contributed by atoms with Crippen molar-refractivity contribution in [2.45, 2.75) is 47.1 Å². The number of rotatable bonds is 1. The summed E-state index contributed by atoms with van der Waals surface area (Å²) in [5.41, 5.74) is 0.00176. The summed E-state index contributed by atoms with van der Waals surface area (Å²) in [5, 5.41) is 1.50. The minimum Gasteiger partial charge on any atom is -0.443 e. The second-order valence-corrected chi connectivity index (χ2v) is 9.60. The number of fused-ring (bicyclic) bond motifs is 3. The number of ether oxygens (including phenoxy) is 2. The van der Waals surface area contributed by atoms with E-state index in [-0.39, 0.29) is 5.97 Å². The Hall–Kier alpha value is -2.34. The smallest absolute Gasteiger partial charge is 0.419 e. The fourth-order valence-electron chi connectivity index (χ4n) is 2.86. The Balaban J connectivity index is 2.31. The van der Waals surface area contributed by atoms with E-state index in [1.165, 1.54) is 4.57 Å². The molecule has 3 rings (SSSR count). The highest BCUT2D eigenvalue weighted by Crippen LogP contribution is 2.40. The first kappa shape index (κ1) is 20.4. The Labute approximate surface area is 172 Å². The van der Waals surface area contributed by atoms with Crippen LogP contribution in [0.2, 0.25) is 0 Å². The van der Waals surface area contributed by atoms with Gasteiger partial charge in [0.25, 0.3) is 0 Å². The molecule has 6 heteroatoms. The molecule has 148 valence electrons. The molecule has 1 aromatic heterocycles. The fourth-order valence-corrected chi connectivity index (χ4v) is 3.37. The van der Waals surface area contributed by atoms with Gasteiger partial charge < -0.3 is 9.47 Å². The third-order valence-corrected chi connectivity index (χ3v) is 4.76. The van der Waals surface area contributed by atoms with Crippen LogP contribution in [0.15, 0.2) is 40.9 Å². The molecule has 1 heterocycles. The lowest BCUT2D eigenvalue weighted by Crippen LogP contribution is -2.27. The minimum atomic E-state index is -0.650. The SMILES string of the molecule is CC(C)(C)OC(=O)n1c2ccccc2c2c(OC(=O)C(C)(C)C)ccc(Br)c21. The number of carbonyl (C=O) groups is 2. The first-order valence-electron chi connectivity index (χ1n) is 9.07. The van der Waals surface area contributed by atoms with Gasteiger partial charge in [-0.25, -0.2) is 9.36 Å². The van der Waals surface area contributed by atoms with Gasteiger partial charge in [-0.1, -0.05) is 18.2 Å². The predicted octanol–water partition coefficient (Wildman–Crippen LogP) is 6.29. The van der Waals surface area contributed by atoms with Crippen LogP contribution in [0, 0.1) is 5.41 Å². The molecule has 0 aliphatic carbocycles. The van der Waals surface area contributed by atoms with Crippen molar-refractivity contribution < 1.29 is 19.1 Å². The molecule has 0 radical (unpaired) electrons. The number of halogens is 1. The Morgan fingerprint density at radius 3 is 2.21 bits per heavy atom. The highest BCUT2D eigenvalue weighted by molar-refractivity contribution is 9.10. The van der Waals surface area contributed by atoms with Crippen molar-refractivity contribution in [1.82, 2.24) is 4.57 Å². The van der Waals surface area contributed by atoms with Gasteiger partial charge in [-0.15, -0.1) is 0 Å². The lowest BCUT2D eigenvalue weighted by molar-refractivity contribution is -0.142. The summed E-state index contributed by atoms with van der Waals surface area (Å²) >= 11 is 3.54. The minimum absolute atomic E-state index is 0.342. The lowest BCUT2D eigenvalue weighted by Gasteiger charge is -2.20. The summed E-state index contributed by atoms with van der Waals surface area (Å²) in [7, 11) is 0. The maximum atomic E-state index is 13.0. The van der Waals surface area contributed by atoms with Gasteiger partial charge >= 0.3 is 12.1 Å². The molecular weight excluding hydrogens is 422 g/mol. The molecule has 0 fully saturated rings. The summed E-state index contributed by atoms with van der Waals surface area (Å²) in [6, 6.07) is 11.0. The highest BCUT2D eigenvalue weighted by atomic mass is 79.9. The number of para-hydroxylation sites is 1. The van der Waals surface area contributed by atoms with Gasteiger partial charge in [0, 0.05) is 9.86 Å². The van der Waals surface area contributed by atoms with Crippen LogP contribution in [-0.2, 0) is 9.53 Å². The monoisotopic (exact) mass is 445 g/mol. The van der Waals surface area contributed by atoms with Crippen molar-refractivity contribution in [3.8, 4) is 5.75 Å². The molecule has 0 bridgehead atoms. The normalized spacial score (nSPS) is 12.4. The second-order valence-electron chi connectivity index (χ2n) is 8.74. The van der Waals surface area contributed by atoms with E-state index in [0.717, 1.165) is 5.39 Å². The van der Waals surface area contributed by atoms with Crippen LogP contribution in [-0.4, -0.2) is 22.2 Å². The zero-order valence-electron chi connectivity index (χ0n) is 16.9. The van der Waals surface area contributed by atoms with Gasteiger partial charge in [-0.05, 0) is 75.7 Å². The van der Waals surface area contributed by atoms with Crippen LogP contribution in [0.3, 0.4) is 0 Å². The van der Waals surface area contributed by atoms with Gasteiger partial charge in [-0.2, -0.15) is 0 Å². The molecule has 0 spiro atoms. The van der Waals surface area contributed by atoms with Gasteiger partial charge in [0.05, 0.1) is 21.8 Å². The number of hydrogen-bond acceptors (Lipinski definition) is 4. The van der Waals surface area contributed by atoms with E-state index in [4.69, 9.17) is 9.47 Å². The number of benzene rings is 2. The van der Waals surface area contributed by atoms with E-state index in [1.54, 1.807) is 32.9 Å². The van der Waals surface area contributed by atoms with Gasteiger partial charge in [0.1, 0.15) is 11.4 Å². The fraction of sp³-hybridized carbons (Fsp3) is 0.364. The first-order valence-corrected chi connectivity index (χ1v) is 9.87. The van der Waals surface area contributed by atoms with Crippen LogP contribution >= 0.6 is 15.9 Å². The molecule has 0 saturated heterocycles. The predicted molar refractivity (Wildman–Crippen MR) is 114 cm³/mol. The summed E-state index contributed by atoms with van der Waals surface area (Å²) in [5.74, 6) is 0.0712. The first-order chi connectivity index (χ1) is 12.9. The molecule has 0 saturated carbocycles. The van der Waals surface area contributed by atoms with Crippen molar-refractivity contribution in [2.24, 2.45) is 5.41 Å². The molecule has 0 aliphatic heterocycles. The molecule has 0 aliphatic rings. The molecular formula is C22H24BrNO4. The van der Waals surface area contributed by atoms with E-state index in [0.29, 0.717) is 26.6 Å². The van der Waals surface area contributed by atoms with Crippen LogP contribution in [0.4, 0.5) is 4.79 Å². The van der Waals surface area contributed by atoms with E-state index in [2.05, 4.69) is 15.9 Å². The topological polar surface area (TPSA) is 57.5 Å². The third-order valence-electron chi connectivity index (χ3n) is 4.12. The number of carbonyl (C=O) groups excluding carboxylic acids is 2. The Kier molecular flexibility index (Phi) is 5.04. The second kappa shape index (κ2) is 6.92. The average molecular weight is 446 g/mol. The molecule has 3 aromatic rings. The summed E-state index contributed by atoms with van der Waals surface area (Å²) in [4.78, 5) is 25.5. The van der Waals surface area contributed by atoms with Crippen molar-refractivity contribution in [3.63, 3.8) is 0 Å². The van der Waals surface area contributed by atoms with Gasteiger partial charge in [-0.3, -0.25) is 4.79 Å². The molecule has 5 nitrogen and oxygen atoms in total. The Bertz CT molecular complexity index is 1080. The summed E-state index contributed by atoms with van der Waals surface area (Å²) in [6.45, 7) is 10.9. The molecule has 0 unspecified atom stereocenters. The lowest BCUT2D eigenvalue weighted by atomic mass is 9.97. The zero-order valence-corrected chi connectivity index (χ0v) is 18.5. The highest BCUT2D eigenvalue weighted by Gasteiger charge is 2.28. The Morgan fingerprint density at radius 2 is 1.61 bits per heavy atom. The maximum absolute atomic E-state index is 13.0. The molecule has 0 N–H and O–H groups in total. The number of esters is 1. The largest absolute Gasteiger partial charge is 0.443 e. The molecule has 28 heavy (non-hydrogen) atoms. The number of nitrogens with zero attached hydrogens (tertiary/aromatic N) is 1. The zero-order chi connectivity index (χ0) is 20.9. The van der Waals surface area contributed by atoms with Crippen molar-refractivity contribution in [2.75, 3.05) is 0 Å². The van der Waals surface area contributed by atoms with Crippen molar-refractivity contribution in [1.29, 1.82) is 0 Å². The summed E-state index contributed by atoms with van der Waals surface area (Å²) in [6.07, 6.45) is -0.487. The third kappa shape index (κ3) is 3.78. The van der Waals surface area contributed by atoms with E-state index >= 15 is 0 Å². The van der Waals surface area contributed by atoms with Crippen molar-refractivity contribution >= 4 is 49.8 Å². The van der Waals surface area contributed by atoms with E-state index < -0.39 is 17.1 Å². The van der Waals surface area contributed by atoms with Crippen molar-refractivity contribution in [3.05, 3.63) is 40.9 Å². The number of aromatic nitrogens is 1. The summed E-state index contributed by atoms with van der Waals surface area (Å²) < 4.78 is 13.6. The van der Waals surface area contributed by atoms with Crippen LogP contribution in [0.5, 0.6) is 5.75 Å².